The zero-order valence-electron chi connectivity index (χ0n) is 15.0. The number of rotatable bonds is 6. The fourth-order valence-electron chi connectivity index (χ4n) is 2.23. The molecule has 0 saturated heterocycles. The van der Waals surface area contributed by atoms with E-state index in [1.165, 1.54) is 13.2 Å². The normalized spacial score (nSPS) is 11.4. The summed E-state index contributed by atoms with van der Waals surface area (Å²) in [6.07, 6.45) is 0. The SMILES string of the molecule is COc1cc(OC)c(-c2ccc(Br)cc2)c(OC)c1OS(=O)(=O)C(F)(F)F.P. The zero-order valence-corrected chi connectivity index (χ0v) is 18.8. The summed E-state index contributed by atoms with van der Waals surface area (Å²) in [5, 5.41) is 0. The van der Waals surface area contributed by atoms with Crippen LogP contribution in [0.3, 0.4) is 0 Å². The molecule has 2 aromatic carbocycles. The molecule has 156 valence electrons. The number of hydrogen-bond donors (Lipinski definition) is 0. The molecule has 0 N–H and O–H groups in total. The van der Waals surface area contributed by atoms with Crippen LogP contribution in [-0.2, 0) is 10.1 Å². The van der Waals surface area contributed by atoms with Crippen molar-refractivity contribution in [3.8, 4) is 34.1 Å². The van der Waals surface area contributed by atoms with E-state index in [0.717, 1.165) is 18.7 Å². The van der Waals surface area contributed by atoms with Gasteiger partial charge in [-0.15, -0.1) is 0 Å². The Labute approximate surface area is 171 Å². The van der Waals surface area contributed by atoms with E-state index in [1.807, 2.05) is 0 Å². The molecule has 2 aromatic rings. The quantitative estimate of drug-likeness (QED) is 0.329. The highest BCUT2D eigenvalue weighted by Gasteiger charge is 2.49. The fraction of sp³-hybridized carbons (Fsp3) is 0.250. The highest BCUT2D eigenvalue weighted by molar-refractivity contribution is 9.10. The van der Waals surface area contributed by atoms with Crippen molar-refractivity contribution in [1.82, 2.24) is 0 Å². The predicted octanol–water partition coefficient (Wildman–Crippen LogP) is 4.43. The monoisotopic (exact) mass is 504 g/mol. The number of alkyl halides is 3. The Bertz CT molecular complexity index is 933. The van der Waals surface area contributed by atoms with E-state index >= 15 is 0 Å². The standard InChI is InChI=1S/C16H14BrF3O6S.H3P/c1-23-11-8-12(24-2)14(26-27(21,22)16(18,19)20)15(25-3)13(11)9-4-6-10(17)7-5-9;/h4-8H,1-3H3;1H3. The Hall–Kier alpha value is -1.71. The molecule has 28 heavy (non-hydrogen) atoms. The van der Waals surface area contributed by atoms with Gasteiger partial charge >= 0.3 is 15.6 Å². The number of ether oxygens (including phenoxy) is 3. The summed E-state index contributed by atoms with van der Waals surface area (Å²) in [5.41, 5.74) is -4.94. The maximum Gasteiger partial charge on any atom is 0.534 e. The Morgan fingerprint density at radius 1 is 0.893 bits per heavy atom. The summed E-state index contributed by atoms with van der Waals surface area (Å²) < 4.78 is 81.9. The molecule has 0 spiro atoms. The smallest absolute Gasteiger partial charge is 0.496 e. The molecular formula is C16H17BrF3O6PS. The van der Waals surface area contributed by atoms with Gasteiger partial charge in [0.1, 0.15) is 5.75 Å². The van der Waals surface area contributed by atoms with Gasteiger partial charge in [0.15, 0.2) is 11.5 Å². The van der Waals surface area contributed by atoms with Crippen molar-refractivity contribution in [3.63, 3.8) is 0 Å². The van der Waals surface area contributed by atoms with Gasteiger partial charge in [0.25, 0.3) is 0 Å². The van der Waals surface area contributed by atoms with E-state index in [4.69, 9.17) is 14.2 Å². The van der Waals surface area contributed by atoms with Gasteiger partial charge in [-0.1, -0.05) is 28.1 Å². The van der Waals surface area contributed by atoms with Crippen molar-refractivity contribution in [2.45, 2.75) is 5.51 Å². The summed E-state index contributed by atoms with van der Waals surface area (Å²) in [6, 6.07) is 7.86. The second-order valence-corrected chi connectivity index (χ2v) is 7.46. The van der Waals surface area contributed by atoms with Gasteiger partial charge in [-0.2, -0.15) is 31.5 Å². The first-order valence-electron chi connectivity index (χ1n) is 7.15. The van der Waals surface area contributed by atoms with Gasteiger partial charge in [-0.3, -0.25) is 0 Å². The molecule has 1 atom stereocenters. The van der Waals surface area contributed by atoms with Gasteiger partial charge in [-0.05, 0) is 17.7 Å². The fourth-order valence-corrected chi connectivity index (χ4v) is 2.96. The van der Waals surface area contributed by atoms with E-state index in [0.29, 0.717) is 5.56 Å². The van der Waals surface area contributed by atoms with Gasteiger partial charge in [0.2, 0.25) is 5.75 Å². The topological polar surface area (TPSA) is 71.1 Å². The van der Waals surface area contributed by atoms with Crippen molar-refractivity contribution in [2.75, 3.05) is 21.3 Å². The van der Waals surface area contributed by atoms with Gasteiger partial charge < -0.3 is 18.4 Å². The van der Waals surface area contributed by atoms with Crippen molar-refractivity contribution in [1.29, 1.82) is 0 Å². The van der Waals surface area contributed by atoms with Gasteiger partial charge in [-0.25, -0.2) is 0 Å². The third-order valence-electron chi connectivity index (χ3n) is 3.42. The van der Waals surface area contributed by atoms with E-state index in [1.54, 1.807) is 24.3 Å². The molecule has 0 heterocycles. The van der Waals surface area contributed by atoms with Crippen LogP contribution in [-0.4, -0.2) is 35.3 Å². The van der Waals surface area contributed by atoms with Gasteiger partial charge in [0, 0.05) is 10.5 Å². The Balaban J connectivity index is 0.00000392. The van der Waals surface area contributed by atoms with Crippen LogP contribution < -0.4 is 18.4 Å². The lowest BCUT2D eigenvalue weighted by atomic mass is 10.0. The minimum Gasteiger partial charge on any atom is -0.496 e. The highest BCUT2D eigenvalue weighted by Crippen LogP contribution is 2.51. The summed E-state index contributed by atoms with van der Waals surface area (Å²) in [7, 11) is -2.32. The second kappa shape index (κ2) is 9.19. The van der Waals surface area contributed by atoms with Crippen LogP contribution >= 0.6 is 25.8 Å². The summed E-state index contributed by atoms with van der Waals surface area (Å²) in [5.74, 6) is -1.16. The molecule has 0 radical (unpaired) electrons. The van der Waals surface area contributed by atoms with E-state index in [-0.39, 0.29) is 32.7 Å². The van der Waals surface area contributed by atoms with Crippen LogP contribution in [0, 0.1) is 0 Å². The molecule has 0 aliphatic carbocycles. The maximum absolute atomic E-state index is 12.8. The zero-order chi connectivity index (χ0) is 20.4. The molecule has 0 aliphatic heterocycles. The summed E-state index contributed by atoms with van der Waals surface area (Å²) in [6.45, 7) is 0. The summed E-state index contributed by atoms with van der Waals surface area (Å²) in [4.78, 5) is 0. The molecule has 0 aliphatic rings. The van der Waals surface area contributed by atoms with E-state index < -0.39 is 21.4 Å². The van der Waals surface area contributed by atoms with Crippen LogP contribution in [0.2, 0.25) is 0 Å². The Morgan fingerprint density at radius 3 is 1.86 bits per heavy atom. The van der Waals surface area contributed by atoms with Crippen molar-refractivity contribution in [2.24, 2.45) is 0 Å². The predicted molar refractivity (Wildman–Crippen MR) is 106 cm³/mol. The lowest BCUT2D eigenvalue weighted by Crippen LogP contribution is -2.28. The third kappa shape index (κ3) is 4.82. The van der Waals surface area contributed by atoms with E-state index in [9.17, 15) is 21.6 Å². The highest BCUT2D eigenvalue weighted by atomic mass is 79.9. The third-order valence-corrected chi connectivity index (χ3v) is 4.90. The molecule has 0 fully saturated rings. The largest absolute Gasteiger partial charge is 0.534 e. The molecule has 1 unspecified atom stereocenters. The lowest BCUT2D eigenvalue weighted by molar-refractivity contribution is -0.0501. The first-order chi connectivity index (χ1) is 12.6. The molecule has 0 amide bonds. The molecule has 0 saturated carbocycles. The van der Waals surface area contributed by atoms with Crippen LogP contribution in [0.5, 0.6) is 23.0 Å². The number of halogens is 4. The minimum atomic E-state index is -5.95. The molecule has 6 nitrogen and oxygen atoms in total. The van der Waals surface area contributed by atoms with Crippen LogP contribution in [0.1, 0.15) is 0 Å². The minimum absolute atomic E-state index is 0. The molecule has 2 rings (SSSR count). The Morgan fingerprint density at radius 2 is 1.43 bits per heavy atom. The lowest BCUT2D eigenvalue weighted by Gasteiger charge is -2.20. The maximum atomic E-state index is 12.8. The van der Waals surface area contributed by atoms with Crippen molar-refractivity contribution < 1.29 is 40.0 Å². The first kappa shape index (κ1) is 24.3. The van der Waals surface area contributed by atoms with Crippen molar-refractivity contribution in [3.05, 3.63) is 34.8 Å². The van der Waals surface area contributed by atoms with Crippen molar-refractivity contribution >= 4 is 35.9 Å². The number of methoxy groups -OCH3 is 3. The van der Waals surface area contributed by atoms with Crippen LogP contribution in [0.25, 0.3) is 11.1 Å². The molecule has 12 heteroatoms. The average molecular weight is 505 g/mol. The number of hydrogen-bond acceptors (Lipinski definition) is 6. The average Bonchev–Trinajstić information content (AvgIpc) is 2.60. The Kier molecular flexibility index (Phi) is 7.99. The van der Waals surface area contributed by atoms with Crippen LogP contribution in [0.15, 0.2) is 34.8 Å². The summed E-state index contributed by atoms with van der Waals surface area (Å²) >= 11 is 3.28. The molecule has 0 bridgehead atoms. The molecular weight excluding hydrogens is 488 g/mol. The number of benzene rings is 2. The second-order valence-electron chi connectivity index (χ2n) is 5.01. The molecule has 0 aromatic heterocycles. The van der Waals surface area contributed by atoms with Gasteiger partial charge in [0.05, 0.1) is 26.9 Å². The first-order valence-corrected chi connectivity index (χ1v) is 9.35. The van der Waals surface area contributed by atoms with E-state index in [2.05, 4.69) is 20.1 Å². The van der Waals surface area contributed by atoms with Crippen LogP contribution in [0.4, 0.5) is 13.2 Å².